The van der Waals surface area contributed by atoms with Crippen LogP contribution in [0.1, 0.15) is 0 Å². The Bertz CT molecular complexity index is 214. The van der Waals surface area contributed by atoms with Gasteiger partial charge >= 0.3 is 11.9 Å². The van der Waals surface area contributed by atoms with E-state index >= 15 is 0 Å². The van der Waals surface area contributed by atoms with Crippen LogP contribution in [0.15, 0.2) is 11.8 Å². The third-order valence-corrected chi connectivity index (χ3v) is 1.63. The van der Waals surface area contributed by atoms with Crippen molar-refractivity contribution in [3.8, 4) is 0 Å². The van der Waals surface area contributed by atoms with Crippen molar-refractivity contribution in [2.45, 2.75) is 5.97 Å². The normalized spacial score (nSPS) is 12.7. The van der Waals surface area contributed by atoms with E-state index in [1.165, 1.54) is 28.4 Å². The van der Waals surface area contributed by atoms with Crippen molar-refractivity contribution in [1.82, 2.24) is 0 Å². The second-order valence-corrected chi connectivity index (χ2v) is 2.29. The summed E-state index contributed by atoms with van der Waals surface area (Å²) < 4.78 is 19.1. The lowest BCUT2D eigenvalue weighted by atomic mass is 10.3. The molecule has 0 saturated carbocycles. The summed E-state index contributed by atoms with van der Waals surface area (Å²) in [5.41, 5.74) is 5.52. The first-order chi connectivity index (χ1) is 6.56. The van der Waals surface area contributed by atoms with Gasteiger partial charge in [0.25, 0.3) is 0 Å². The third-order valence-electron chi connectivity index (χ3n) is 1.63. The molecule has 0 aliphatic rings. The fourth-order valence-electron chi connectivity index (χ4n) is 0.878. The molecule has 0 heterocycles. The van der Waals surface area contributed by atoms with Gasteiger partial charge in [0.15, 0.2) is 0 Å². The van der Waals surface area contributed by atoms with Gasteiger partial charge in [-0.15, -0.1) is 0 Å². The molecule has 0 unspecified atom stereocenters. The van der Waals surface area contributed by atoms with Gasteiger partial charge in [0.2, 0.25) is 0 Å². The Hall–Kier alpha value is -1.11. The van der Waals surface area contributed by atoms with Gasteiger partial charge in [-0.25, -0.2) is 4.79 Å². The van der Waals surface area contributed by atoms with Crippen molar-refractivity contribution in [2.75, 3.05) is 28.4 Å². The van der Waals surface area contributed by atoms with Gasteiger partial charge in [-0.1, -0.05) is 0 Å². The summed E-state index contributed by atoms with van der Waals surface area (Å²) >= 11 is 0. The van der Waals surface area contributed by atoms with Gasteiger partial charge in [-0.05, 0) is 0 Å². The van der Waals surface area contributed by atoms with Crippen LogP contribution in [0.4, 0.5) is 0 Å². The molecule has 0 aromatic heterocycles. The number of carbonyl (C=O) groups excluding carboxylic acids is 1. The summed E-state index contributed by atoms with van der Waals surface area (Å²) in [4.78, 5) is 10.9. The Morgan fingerprint density at radius 1 is 1.14 bits per heavy atom. The molecule has 2 N–H and O–H groups in total. The molecule has 0 radical (unpaired) electrons. The minimum Gasteiger partial charge on any atom is -0.466 e. The quantitative estimate of drug-likeness (QED) is 0.373. The largest absolute Gasteiger partial charge is 0.466 e. The molecule has 0 saturated heterocycles. The first kappa shape index (κ1) is 12.9. The monoisotopic (exact) mass is 205 g/mol. The lowest BCUT2D eigenvalue weighted by molar-refractivity contribution is -0.327. The maximum Gasteiger partial charge on any atom is 0.332 e. The summed E-state index contributed by atoms with van der Waals surface area (Å²) in [5, 5.41) is 0. The second-order valence-electron chi connectivity index (χ2n) is 2.29. The van der Waals surface area contributed by atoms with Crippen LogP contribution in [-0.4, -0.2) is 40.4 Å². The average Bonchev–Trinajstić information content (AvgIpc) is 2.21. The van der Waals surface area contributed by atoms with Gasteiger partial charge in [0.1, 0.15) is 5.70 Å². The summed E-state index contributed by atoms with van der Waals surface area (Å²) in [6.45, 7) is 0. The minimum absolute atomic E-state index is 0.0307. The molecule has 0 aliphatic carbocycles. The number of esters is 1. The second kappa shape index (κ2) is 5.58. The summed E-state index contributed by atoms with van der Waals surface area (Å²) in [7, 11) is 5.25. The van der Waals surface area contributed by atoms with E-state index in [-0.39, 0.29) is 5.70 Å². The van der Waals surface area contributed by atoms with Crippen molar-refractivity contribution in [1.29, 1.82) is 0 Å². The molecule has 0 atom stereocenters. The number of hydrogen-bond donors (Lipinski definition) is 1. The highest BCUT2D eigenvalue weighted by atomic mass is 16.9. The highest BCUT2D eigenvalue weighted by Gasteiger charge is 2.34. The number of methoxy groups -OCH3 is 4. The Morgan fingerprint density at radius 2 is 1.57 bits per heavy atom. The Morgan fingerprint density at radius 3 is 1.86 bits per heavy atom. The molecule has 0 bridgehead atoms. The predicted octanol–water partition coefficient (Wildman–Crippen LogP) is -0.405. The zero-order valence-corrected chi connectivity index (χ0v) is 8.70. The molecule has 0 aliphatic heterocycles. The van der Waals surface area contributed by atoms with Crippen molar-refractivity contribution < 1.29 is 23.7 Å². The van der Waals surface area contributed by atoms with E-state index in [9.17, 15) is 4.79 Å². The SMILES string of the molecule is COC(=O)/C=C(/N)C(OC)(OC)OC. The standard InChI is InChI=1S/C8H15NO5/c1-11-7(10)5-6(9)8(12-2,13-3)14-4/h5H,9H2,1-4H3/b6-5+. The topological polar surface area (TPSA) is 80.0 Å². The minimum atomic E-state index is -1.55. The molecular formula is C8H15NO5. The average molecular weight is 205 g/mol. The highest BCUT2D eigenvalue weighted by molar-refractivity contribution is 5.82. The van der Waals surface area contributed by atoms with Crippen molar-refractivity contribution in [2.24, 2.45) is 5.73 Å². The van der Waals surface area contributed by atoms with Crippen LogP contribution in [-0.2, 0) is 23.7 Å². The molecule has 14 heavy (non-hydrogen) atoms. The summed E-state index contributed by atoms with van der Waals surface area (Å²) in [6.07, 6.45) is 1.02. The van der Waals surface area contributed by atoms with E-state index in [1.54, 1.807) is 0 Å². The van der Waals surface area contributed by atoms with Crippen LogP contribution in [0.25, 0.3) is 0 Å². The maximum atomic E-state index is 10.9. The van der Waals surface area contributed by atoms with Crippen molar-refractivity contribution in [3.63, 3.8) is 0 Å². The molecule has 0 amide bonds. The van der Waals surface area contributed by atoms with E-state index < -0.39 is 11.9 Å². The molecule has 0 aromatic carbocycles. The molecule has 0 rings (SSSR count). The molecule has 0 spiro atoms. The molecule has 0 fully saturated rings. The van der Waals surface area contributed by atoms with E-state index in [4.69, 9.17) is 19.9 Å². The smallest absolute Gasteiger partial charge is 0.332 e. The lowest BCUT2D eigenvalue weighted by Crippen LogP contribution is -2.42. The molecule has 6 heteroatoms. The van der Waals surface area contributed by atoms with Gasteiger partial charge in [-0.2, -0.15) is 0 Å². The van der Waals surface area contributed by atoms with Crippen LogP contribution in [0.3, 0.4) is 0 Å². The Balaban J connectivity index is 4.83. The van der Waals surface area contributed by atoms with Crippen LogP contribution < -0.4 is 5.73 Å². The molecule has 0 aromatic rings. The predicted molar refractivity (Wildman–Crippen MR) is 48.0 cm³/mol. The lowest BCUT2D eigenvalue weighted by Gasteiger charge is -2.28. The Labute approximate surface area is 82.6 Å². The van der Waals surface area contributed by atoms with Gasteiger partial charge < -0.3 is 24.7 Å². The van der Waals surface area contributed by atoms with Crippen molar-refractivity contribution >= 4 is 5.97 Å². The van der Waals surface area contributed by atoms with Crippen LogP contribution >= 0.6 is 0 Å². The van der Waals surface area contributed by atoms with Gasteiger partial charge in [0, 0.05) is 21.3 Å². The highest BCUT2D eigenvalue weighted by Crippen LogP contribution is 2.18. The van der Waals surface area contributed by atoms with E-state index in [2.05, 4.69) is 4.74 Å². The molecule has 6 nitrogen and oxygen atoms in total. The first-order valence-corrected chi connectivity index (χ1v) is 3.77. The van der Waals surface area contributed by atoms with Crippen LogP contribution in [0.5, 0.6) is 0 Å². The van der Waals surface area contributed by atoms with Crippen molar-refractivity contribution in [3.05, 3.63) is 11.8 Å². The maximum absolute atomic E-state index is 10.9. The Kier molecular flexibility index (Phi) is 5.14. The van der Waals surface area contributed by atoms with Gasteiger partial charge in [0.05, 0.1) is 13.2 Å². The molecular weight excluding hydrogens is 190 g/mol. The molecule has 82 valence electrons. The zero-order valence-electron chi connectivity index (χ0n) is 8.70. The van der Waals surface area contributed by atoms with E-state index in [0.717, 1.165) is 6.08 Å². The third kappa shape index (κ3) is 2.69. The fraction of sp³-hybridized carbons (Fsp3) is 0.625. The number of ether oxygens (including phenoxy) is 4. The van der Waals surface area contributed by atoms with E-state index in [1.807, 2.05) is 0 Å². The zero-order chi connectivity index (χ0) is 11.2. The number of hydrogen-bond acceptors (Lipinski definition) is 6. The number of rotatable bonds is 5. The number of nitrogens with two attached hydrogens (primary N) is 1. The van der Waals surface area contributed by atoms with Gasteiger partial charge in [-0.3, -0.25) is 0 Å². The van der Waals surface area contributed by atoms with Crippen LogP contribution in [0.2, 0.25) is 0 Å². The van der Waals surface area contributed by atoms with Crippen LogP contribution in [0, 0.1) is 0 Å². The fourth-order valence-corrected chi connectivity index (χ4v) is 0.878. The van der Waals surface area contributed by atoms with E-state index in [0.29, 0.717) is 0 Å². The first-order valence-electron chi connectivity index (χ1n) is 3.77. The summed E-state index contributed by atoms with van der Waals surface area (Å²) in [6, 6.07) is 0. The number of carbonyl (C=O) groups is 1. The summed E-state index contributed by atoms with van der Waals surface area (Å²) in [5.74, 6) is -2.16.